The van der Waals surface area contributed by atoms with Crippen LogP contribution in [0, 0.1) is 5.92 Å². The second-order valence-electron chi connectivity index (χ2n) is 8.50. The molecular weight excluding hydrogens is 440 g/mol. The van der Waals surface area contributed by atoms with Crippen molar-refractivity contribution in [3.05, 3.63) is 90.3 Å². The fraction of sp³-hybridized carbons (Fsp3) is 0.185. The minimum Gasteiger partial charge on any atom is -0.338 e. The number of anilines is 1. The van der Waals surface area contributed by atoms with Crippen LogP contribution in [-0.2, 0) is 4.79 Å². The fourth-order valence-electron chi connectivity index (χ4n) is 4.38. The Hall–Kier alpha value is -4.46. The molecule has 2 heterocycles. The summed E-state index contributed by atoms with van der Waals surface area (Å²) in [5.41, 5.74) is 4.93. The molecule has 1 aliphatic rings. The molecule has 8 heteroatoms. The van der Waals surface area contributed by atoms with Crippen LogP contribution in [0.15, 0.2) is 79.2 Å². The number of hydrogen-bond acceptors (Lipinski definition) is 4. The van der Waals surface area contributed by atoms with Crippen molar-refractivity contribution in [2.24, 2.45) is 5.92 Å². The number of imidazole rings is 1. The zero-order valence-electron chi connectivity index (χ0n) is 19.5. The van der Waals surface area contributed by atoms with Crippen LogP contribution in [0.25, 0.3) is 22.3 Å². The van der Waals surface area contributed by atoms with Crippen LogP contribution in [0.1, 0.15) is 30.9 Å². The van der Waals surface area contributed by atoms with Crippen molar-refractivity contribution in [2.75, 3.05) is 11.9 Å². The zero-order valence-corrected chi connectivity index (χ0v) is 19.5. The van der Waals surface area contributed by atoms with Crippen molar-refractivity contribution in [3.63, 3.8) is 0 Å². The first-order valence-corrected chi connectivity index (χ1v) is 11.6. The Bertz CT molecular complexity index is 1430. The molecule has 0 aliphatic heterocycles. The number of amides is 2. The van der Waals surface area contributed by atoms with E-state index in [2.05, 4.69) is 44.8 Å². The van der Waals surface area contributed by atoms with E-state index in [1.54, 1.807) is 17.0 Å². The van der Waals surface area contributed by atoms with Gasteiger partial charge in [0.1, 0.15) is 0 Å². The second kappa shape index (κ2) is 9.42. The number of nitrogens with zero attached hydrogens (tertiary/aromatic N) is 3. The summed E-state index contributed by atoms with van der Waals surface area (Å²) in [6, 6.07) is 15.4. The van der Waals surface area contributed by atoms with Crippen LogP contribution < -0.4 is 10.6 Å². The van der Waals surface area contributed by atoms with Crippen LogP contribution in [0.4, 0.5) is 10.7 Å². The van der Waals surface area contributed by atoms with E-state index in [0.717, 1.165) is 27.9 Å². The van der Waals surface area contributed by atoms with Gasteiger partial charge in [-0.05, 0) is 53.8 Å². The molecule has 4 aromatic rings. The van der Waals surface area contributed by atoms with Gasteiger partial charge in [-0.3, -0.25) is 10.1 Å². The van der Waals surface area contributed by atoms with Crippen LogP contribution in [0.2, 0.25) is 0 Å². The van der Waals surface area contributed by atoms with Gasteiger partial charge in [-0.1, -0.05) is 49.4 Å². The Morgan fingerprint density at radius 1 is 1.20 bits per heavy atom. The smallest absolute Gasteiger partial charge is 0.321 e. The largest absolute Gasteiger partial charge is 0.338 e. The van der Waals surface area contributed by atoms with Gasteiger partial charge in [0.25, 0.3) is 0 Å². The van der Waals surface area contributed by atoms with Crippen molar-refractivity contribution in [1.82, 2.24) is 25.1 Å². The number of urea groups is 1. The van der Waals surface area contributed by atoms with Crippen molar-refractivity contribution in [3.8, 4) is 5.69 Å². The Labute approximate surface area is 202 Å². The van der Waals surface area contributed by atoms with Gasteiger partial charge in [0, 0.05) is 24.9 Å². The number of nitrogens with one attached hydrogen (secondary N) is 3. The molecule has 8 nitrogen and oxygen atoms in total. The maximum absolute atomic E-state index is 13.1. The summed E-state index contributed by atoms with van der Waals surface area (Å²) >= 11 is 0. The zero-order chi connectivity index (χ0) is 24.4. The molecular formula is C27H26N6O2. The molecule has 5 rings (SSSR count). The summed E-state index contributed by atoms with van der Waals surface area (Å²) < 4.78 is 1.73. The van der Waals surface area contributed by atoms with Crippen molar-refractivity contribution in [1.29, 1.82) is 0 Å². The van der Waals surface area contributed by atoms with E-state index in [1.165, 1.54) is 0 Å². The average molecular weight is 467 g/mol. The van der Waals surface area contributed by atoms with Crippen LogP contribution in [0.5, 0.6) is 0 Å². The number of fused-ring (bicyclic) bond motifs is 1. The number of aromatic amines is 1. The number of carbonyl (C=O) groups excluding carboxylic acids is 2. The van der Waals surface area contributed by atoms with E-state index < -0.39 is 0 Å². The summed E-state index contributed by atoms with van der Waals surface area (Å²) in [6.45, 7) is 4.43. The lowest BCUT2D eigenvalue weighted by atomic mass is 9.80. The third-order valence-corrected chi connectivity index (χ3v) is 6.20. The molecule has 2 unspecified atom stereocenters. The predicted octanol–water partition coefficient (Wildman–Crippen LogP) is 4.83. The number of rotatable bonds is 6. The molecule has 0 spiro atoms. The maximum atomic E-state index is 13.1. The van der Waals surface area contributed by atoms with Gasteiger partial charge >= 0.3 is 6.03 Å². The third kappa shape index (κ3) is 4.50. The summed E-state index contributed by atoms with van der Waals surface area (Å²) in [6.07, 6.45) is 9.23. The minimum absolute atomic E-state index is 0.0696. The number of H-pyrrole nitrogens is 1. The first kappa shape index (κ1) is 22.3. The minimum atomic E-state index is -0.338. The molecule has 3 N–H and O–H groups in total. The van der Waals surface area contributed by atoms with Gasteiger partial charge in [0.15, 0.2) is 5.78 Å². The molecule has 2 atom stereocenters. The van der Waals surface area contributed by atoms with E-state index in [9.17, 15) is 9.59 Å². The predicted molar refractivity (Wildman–Crippen MR) is 136 cm³/mol. The molecule has 2 amide bonds. The Balaban J connectivity index is 1.50. The summed E-state index contributed by atoms with van der Waals surface area (Å²) in [5, 5.41) is 9.78. The fourth-order valence-corrected chi connectivity index (χ4v) is 4.38. The molecule has 2 aromatic carbocycles. The molecule has 0 radical (unpaired) electrons. The van der Waals surface area contributed by atoms with Gasteiger partial charge in [-0.15, -0.1) is 0 Å². The number of benzene rings is 2. The van der Waals surface area contributed by atoms with Gasteiger partial charge in [0.05, 0.1) is 16.7 Å². The van der Waals surface area contributed by atoms with Crippen LogP contribution in [-0.4, -0.2) is 38.1 Å². The maximum Gasteiger partial charge on any atom is 0.321 e. The van der Waals surface area contributed by atoms with Gasteiger partial charge in [-0.2, -0.15) is 5.10 Å². The lowest BCUT2D eigenvalue weighted by Crippen LogP contribution is -2.28. The highest BCUT2D eigenvalue weighted by molar-refractivity contribution is 6.05. The highest BCUT2D eigenvalue weighted by Gasteiger charge is 2.26. The summed E-state index contributed by atoms with van der Waals surface area (Å²) in [4.78, 5) is 32.9. The van der Waals surface area contributed by atoms with E-state index in [1.807, 2.05) is 61.7 Å². The molecule has 0 bridgehead atoms. The van der Waals surface area contributed by atoms with Gasteiger partial charge in [0.2, 0.25) is 5.95 Å². The quantitative estimate of drug-likeness (QED) is 0.378. The Kier molecular flexibility index (Phi) is 6.01. The Morgan fingerprint density at radius 2 is 2.03 bits per heavy atom. The normalized spacial score (nSPS) is 16.2. The lowest BCUT2D eigenvalue weighted by Gasteiger charge is -2.22. The number of allylic oxidation sites excluding steroid dienone is 4. The highest BCUT2D eigenvalue weighted by atomic mass is 16.2. The average Bonchev–Trinajstić information content (AvgIpc) is 3.53. The van der Waals surface area contributed by atoms with Crippen molar-refractivity contribution < 1.29 is 9.59 Å². The summed E-state index contributed by atoms with van der Waals surface area (Å²) in [5.74, 6) is 0.264. The number of hydrogen-bond donors (Lipinski definition) is 3. The van der Waals surface area contributed by atoms with Crippen LogP contribution >= 0.6 is 0 Å². The monoisotopic (exact) mass is 466 g/mol. The van der Waals surface area contributed by atoms with E-state index in [-0.39, 0.29) is 23.7 Å². The second-order valence-corrected chi connectivity index (χ2v) is 8.50. The SMILES string of the molecule is CCNC(=O)Nc1nc2cc(C3=CC(=O)C(C(C)c4ccccc4)C=C3)cc(-n3cccn3)c2[nH]1. The van der Waals surface area contributed by atoms with Gasteiger partial charge < -0.3 is 10.3 Å². The lowest BCUT2D eigenvalue weighted by molar-refractivity contribution is -0.117. The van der Waals surface area contributed by atoms with E-state index >= 15 is 0 Å². The molecule has 1 aliphatic carbocycles. The van der Waals surface area contributed by atoms with E-state index in [0.29, 0.717) is 18.0 Å². The Morgan fingerprint density at radius 3 is 2.74 bits per heavy atom. The van der Waals surface area contributed by atoms with Crippen LogP contribution in [0.3, 0.4) is 0 Å². The molecule has 176 valence electrons. The number of aromatic nitrogens is 4. The van der Waals surface area contributed by atoms with E-state index in [4.69, 9.17) is 0 Å². The number of carbonyl (C=O) groups is 2. The first-order valence-electron chi connectivity index (χ1n) is 11.6. The number of ketones is 1. The van der Waals surface area contributed by atoms with Crippen molar-refractivity contribution in [2.45, 2.75) is 19.8 Å². The standard InChI is InChI=1S/C27H26N6O2/c1-3-28-27(35)32-26-30-22-14-20(15-23(25(22)31-26)33-13-7-12-29-33)19-10-11-21(24(34)16-19)17(2)18-8-5-4-6-9-18/h4-17,21H,3H2,1-2H3,(H3,28,30,31,32,35). The molecule has 0 saturated carbocycles. The first-order chi connectivity index (χ1) is 17.0. The summed E-state index contributed by atoms with van der Waals surface area (Å²) in [7, 11) is 0. The molecule has 2 aromatic heterocycles. The third-order valence-electron chi connectivity index (χ3n) is 6.20. The highest BCUT2D eigenvalue weighted by Crippen LogP contribution is 2.34. The molecule has 0 saturated heterocycles. The molecule has 0 fully saturated rings. The van der Waals surface area contributed by atoms with Gasteiger partial charge in [-0.25, -0.2) is 14.5 Å². The topological polar surface area (TPSA) is 105 Å². The van der Waals surface area contributed by atoms with Crippen molar-refractivity contribution >= 4 is 34.4 Å². The molecule has 35 heavy (non-hydrogen) atoms.